The van der Waals surface area contributed by atoms with Crippen molar-refractivity contribution in [3.05, 3.63) is 52.9 Å². The van der Waals surface area contributed by atoms with E-state index < -0.39 is 0 Å². The lowest BCUT2D eigenvalue weighted by Gasteiger charge is -2.21. The fraction of sp³-hybridized carbons (Fsp3) is 0.214. The van der Waals surface area contributed by atoms with E-state index in [1.165, 1.54) is 4.88 Å². The molecule has 0 spiro atoms. The molecule has 0 aliphatic rings. The molecule has 1 aromatic carbocycles. The summed E-state index contributed by atoms with van der Waals surface area (Å²) >= 11 is 1.73. The van der Waals surface area contributed by atoms with Crippen molar-refractivity contribution < 1.29 is 0 Å². The lowest BCUT2D eigenvalue weighted by atomic mass is 10.1. The Kier molecular flexibility index (Phi) is 2.89. The van der Waals surface area contributed by atoms with Crippen LogP contribution in [0.1, 0.15) is 17.8 Å². The Balaban J connectivity index is 2.16. The standard InChI is InChI=1S/C14H15N3S/c1-10(15)14(13-7-4-8-18-13)17-12-6-3-2-5-11(12)9-16-17/h2-10,14H,15H2,1H3. The molecule has 0 radical (unpaired) electrons. The summed E-state index contributed by atoms with van der Waals surface area (Å²) in [7, 11) is 0. The number of nitrogens with two attached hydrogens (primary N) is 1. The summed E-state index contributed by atoms with van der Waals surface area (Å²) in [6, 6.07) is 12.5. The van der Waals surface area contributed by atoms with Crippen molar-refractivity contribution >= 4 is 22.2 Å². The Morgan fingerprint density at radius 3 is 2.78 bits per heavy atom. The summed E-state index contributed by atoms with van der Waals surface area (Å²) in [5.41, 5.74) is 7.29. The molecule has 3 aromatic rings. The van der Waals surface area contributed by atoms with E-state index in [1.807, 2.05) is 29.9 Å². The molecule has 0 saturated carbocycles. The second kappa shape index (κ2) is 4.55. The largest absolute Gasteiger partial charge is 0.326 e. The van der Waals surface area contributed by atoms with E-state index in [9.17, 15) is 0 Å². The van der Waals surface area contributed by atoms with Gasteiger partial charge >= 0.3 is 0 Å². The molecule has 4 heteroatoms. The van der Waals surface area contributed by atoms with Crippen molar-refractivity contribution in [3.8, 4) is 0 Å². The van der Waals surface area contributed by atoms with E-state index in [4.69, 9.17) is 5.73 Å². The Labute approximate surface area is 110 Å². The summed E-state index contributed by atoms with van der Waals surface area (Å²) in [6.07, 6.45) is 1.90. The summed E-state index contributed by atoms with van der Waals surface area (Å²) in [4.78, 5) is 1.25. The summed E-state index contributed by atoms with van der Waals surface area (Å²) in [5.74, 6) is 0. The molecule has 0 aliphatic carbocycles. The number of benzene rings is 1. The first-order valence-corrected chi connectivity index (χ1v) is 6.86. The van der Waals surface area contributed by atoms with Crippen LogP contribution in [0.15, 0.2) is 48.0 Å². The van der Waals surface area contributed by atoms with E-state index in [2.05, 4.69) is 34.7 Å². The Morgan fingerprint density at radius 1 is 1.22 bits per heavy atom. The molecular weight excluding hydrogens is 242 g/mol. The van der Waals surface area contributed by atoms with Gasteiger partial charge in [-0.15, -0.1) is 11.3 Å². The van der Waals surface area contributed by atoms with E-state index in [1.54, 1.807) is 11.3 Å². The summed E-state index contributed by atoms with van der Waals surface area (Å²) in [5, 5.41) is 7.75. The van der Waals surface area contributed by atoms with Gasteiger partial charge < -0.3 is 5.73 Å². The Morgan fingerprint density at radius 2 is 2.06 bits per heavy atom. The van der Waals surface area contributed by atoms with Gasteiger partial charge in [0.15, 0.2) is 0 Å². The van der Waals surface area contributed by atoms with Crippen molar-refractivity contribution in [2.75, 3.05) is 0 Å². The van der Waals surface area contributed by atoms with Crippen LogP contribution in [0.5, 0.6) is 0 Å². The lowest BCUT2D eigenvalue weighted by Crippen LogP contribution is -2.30. The molecule has 2 heterocycles. The normalized spacial score (nSPS) is 14.8. The van der Waals surface area contributed by atoms with Crippen molar-refractivity contribution in [2.24, 2.45) is 5.73 Å². The highest BCUT2D eigenvalue weighted by Gasteiger charge is 2.21. The monoisotopic (exact) mass is 257 g/mol. The van der Waals surface area contributed by atoms with Crippen LogP contribution in [-0.4, -0.2) is 15.8 Å². The zero-order chi connectivity index (χ0) is 12.5. The molecule has 0 bridgehead atoms. The minimum absolute atomic E-state index is 0.0203. The molecule has 0 saturated heterocycles. The number of para-hydroxylation sites is 1. The third kappa shape index (κ3) is 1.83. The van der Waals surface area contributed by atoms with E-state index in [-0.39, 0.29) is 12.1 Å². The molecule has 2 unspecified atom stereocenters. The van der Waals surface area contributed by atoms with Crippen LogP contribution in [0, 0.1) is 0 Å². The van der Waals surface area contributed by atoms with Crippen LogP contribution in [0.4, 0.5) is 0 Å². The van der Waals surface area contributed by atoms with Gasteiger partial charge in [-0.05, 0) is 24.4 Å². The summed E-state index contributed by atoms with van der Waals surface area (Å²) in [6.45, 7) is 2.03. The number of hydrogen-bond acceptors (Lipinski definition) is 3. The molecule has 0 aliphatic heterocycles. The molecule has 3 nitrogen and oxygen atoms in total. The fourth-order valence-corrected chi connectivity index (χ4v) is 3.20. The van der Waals surface area contributed by atoms with Crippen LogP contribution in [0.2, 0.25) is 0 Å². The maximum absolute atomic E-state index is 6.16. The molecule has 2 N–H and O–H groups in total. The molecule has 92 valence electrons. The predicted octanol–water partition coefficient (Wildman–Crippen LogP) is 3.03. The summed E-state index contributed by atoms with van der Waals surface area (Å²) < 4.78 is 2.03. The lowest BCUT2D eigenvalue weighted by molar-refractivity contribution is 0.473. The molecule has 3 rings (SSSR count). The van der Waals surface area contributed by atoms with Gasteiger partial charge in [-0.3, -0.25) is 4.68 Å². The SMILES string of the molecule is CC(N)C(c1cccs1)n1ncc2ccccc21. The van der Waals surface area contributed by atoms with Crippen LogP contribution in [0.3, 0.4) is 0 Å². The van der Waals surface area contributed by atoms with Gasteiger partial charge in [0, 0.05) is 16.3 Å². The first-order chi connectivity index (χ1) is 8.77. The van der Waals surface area contributed by atoms with E-state index >= 15 is 0 Å². The maximum Gasteiger partial charge on any atom is 0.101 e. The number of aromatic nitrogens is 2. The van der Waals surface area contributed by atoms with Crippen LogP contribution in [-0.2, 0) is 0 Å². The number of hydrogen-bond donors (Lipinski definition) is 1. The van der Waals surface area contributed by atoms with Crippen LogP contribution >= 0.6 is 11.3 Å². The van der Waals surface area contributed by atoms with Gasteiger partial charge in [0.05, 0.1) is 11.7 Å². The van der Waals surface area contributed by atoms with Gasteiger partial charge in [0.2, 0.25) is 0 Å². The average molecular weight is 257 g/mol. The van der Waals surface area contributed by atoms with Gasteiger partial charge in [0.1, 0.15) is 6.04 Å². The van der Waals surface area contributed by atoms with E-state index in [0.29, 0.717) is 0 Å². The third-order valence-corrected chi connectivity index (χ3v) is 4.04. The topological polar surface area (TPSA) is 43.8 Å². The highest BCUT2D eigenvalue weighted by molar-refractivity contribution is 7.10. The number of thiophene rings is 1. The highest BCUT2D eigenvalue weighted by atomic mass is 32.1. The number of fused-ring (bicyclic) bond motifs is 1. The van der Waals surface area contributed by atoms with Crippen molar-refractivity contribution in [2.45, 2.75) is 19.0 Å². The van der Waals surface area contributed by atoms with Crippen LogP contribution < -0.4 is 5.73 Å². The van der Waals surface area contributed by atoms with E-state index in [0.717, 1.165) is 10.9 Å². The number of rotatable bonds is 3. The fourth-order valence-electron chi connectivity index (χ4n) is 2.28. The van der Waals surface area contributed by atoms with Gasteiger partial charge in [-0.2, -0.15) is 5.10 Å². The van der Waals surface area contributed by atoms with Gasteiger partial charge in [0.25, 0.3) is 0 Å². The molecule has 2 atom stereocenters. The van der Waals surface area contributed by atoms with Crippen LogP contribution in [0.25, 0.3) is 10.9 Å². The molecule has 2 aromatic heterocycles. The minimum atomic E-state index is 0.0203. The van der Waals surface area contributed by atoms with Crippen molar-refractivity contribution in [1.29, 1.82) is 0 Å². The zero-order valence-corrected chi connectivity index (χ0v) is 11.0. The van der Waals surface area contributed by atoms with Gasteiger partial charge in [-0.1, -0.05) is 24.3 Å². The van der Waals surface area contributed by atoms with Crippen molar-refractivity contribution in [3.63, 3.8) is 0 Å². The zero-order valence-electron chi connectivity index (χ0n) is 10.2. The number of nitrogens with zero attached hydrogens (tertiary/aromatic N) is 2. The third-order valence-electron chi connectivity index (χ3n) is 3.10. The molecule has 0 amide bonds. The quantitative estimate of drug-likeness (QED) is 0.783. The smallest absolute Gasteiger partial charge is 0.101 e. The first-order valence-electron chi connectivity index (χ1n) is 5.98. The predicted molar refractivity (Wildman–Crippen MR) is 75.8 cm³/mol. The Bertz CT molecular complexity index is 640. The molecule has 18 heavy (non-hydrogen) atoms. The maximum atomic E-state index is 6.16. The van der Waals surface area contributed by atoms with Crippen molar-refractivity contribution in [1.82, 2.24) is 9.78 Å². The first kappa shape index (κ1) is 11.4. The molecule has 0 fully saturated rings. The average Bonchev–Trinajstić information content (AvgIpc) is 3.00. The minimum Gasteiger partial charge on any atom is -0.326 e. The second-order valence-corrected chi connectivity index (χ2v) is 5.45. The Hall–Kier alpha value is -1.65. The van der Waals surface area contributed by atoms with Gasteiger partial charge in [-0.25, -0.2) is 0 Å². The second-order valence-electron chi connectivity index (χ2n) is 4.47. The molecular formula is C14H15N3S. The highest BCUT2D eigenvalue weighted by Crippen LogP contribution is 2.28.